The van der Waals surface area contributed by atoms with Gasteiger partial charge in [-0.25, -0.2) is 13.8 Å². The van der Waals surface area contributed by atoms with Crippen molar-refractivity contribution in [2.75, 3.05) is 18.9 Å². The van der Waals surface area contributed by atoms with Crippen molar-refractivity contribution in [2.45, 2.75) is 13.0 Å². The summed E-state index contributed by atoms with van der Waals surface area (Å²) in [5.41, 5.74) is 7.12. The van der Waals surface area contributed by atoms with E-state index in [9.17, 15) is 8.78 Å². The van der Waals surface area contributed by atoms with Crippen LogP contribution in [0.3, 0.4) is 0 Å². The van der Waals surface area contributed by atoms with Crippen LogP contribution in [-0.4, -0.2) is 29.2 Å². The number of fused-ring (bicyclic) bond motifs is 1. The van der Waals surface area contributed by atoms with Crippen molar-refractivity contribution in [1.29, 1.82) is 0 Å². The Morgan fingerprint density at radius 2 is 2.22 bits per heavy atom. The molecule has 0 atom stereocenters. The number of benzene rings is 1. The molecule has 1 heterocycles. The molecule has 1 aromatic heterocycles. The Hall–Kier alpha value is -1.40. The van der Waals surface area contributed by atoms with Crippen molar-refractivity contribution >= 4 is 28.6 Å². The maximum atomic E-state index is 11.9. The van der Waals surface area contributed by atoms with E-state index in [1.165, 1.54) is 0 Å². The molecular weight excluding hydrogens is 264 g/mol. The Kier molecular flexibility index (Phi) is 3.98. The fourth-order valence-corrected chi connectivity index (χ4v) is 1.99. The van der Waals surface area contributed by atoms with Gasteiger partial charge in [-0.05, 0) is 12.1 Å². The number of rotatable bonds is 5. The lowest BCUT2D eigenvalue weighted by molar-refractivity contribution is 0.0151. The molecule has 2 N–H and O–H groups in total. The molecular formula is C11H12ClF2N3O. The van der Waals surface area contributed by atoms with Crippen LogP contribution in [0.1, 0.15) is 0 Å². The monoisotopic (exact) mass is 275 g/mol. The first-order valence-electron chi connectivity index (χ1n) is 5.35. The number of aromatic nitrogens is 2. The van der Waals surface area contributed by atoms with Gasteiger partial charge in [0.1, 0.15) is 6.61 Å². The molecule has 0 aliphatic rings. The molecule has 0 radical (unpaired) electrons. The van der Waals surface area contributed by atoms with Crippen LogP contribution in [0.2, 0.25) is 5.02 Å². The molecule has 4 nitrogen and oxygen atoms in total. The number of ether oxygens (including phenoxy) is 1. The Morgan fingerprint density at radius 1 is 1.44 bits per heavy atom. The fraction of sp³-hybridized carbons (Fsp3) is 0.364. The number of alkyl halides is 2. The lowest BCUT2D eigenvalue weighted by Gasteiger charge is -2.08. The van der Waals surface area contributed by atoms with E-state index < -0.39 is 13.0 Å². The number of hydrogen-bond acceptors (Lipinski definition) is 3. The first kappa shape index (κ1) is 13.0. The average Bonchev–Trinajstić information content (AvgIpc) is 2.62. The third-order valence-corrected chi connectivity index (χ3v) is 2.76. The molecule has 2 rings (SSSR count). The highest BCUT2D eigenvalue weighted by Gasteiger charge is 2.11. The number of para-hydroxylation sites is 1. The van der Waals surface area contributed by atoms with Gasteiger partial charge in [0.25, 0.3) is 6.43 Å². The quantitative estimate of drug-likeness (QED) is 0.853. The van der Waals surface area contributed by atoms with Crippen molar-refractivity contribution in [2.24, 2.45) is 0 Å². The zero-order chi connectivity index (χ0) is 13.1. The van der Waals surface area contributed by atoms with E-state index in [0.29, 0.717) is 28.5 Å². The number of nitrogen functional groups attached to an aromatic ring is 1. The van der Waals surface area contributed by atoms with E-state index in [4.69, 9.17) is 22.1 Å². The maximum absolute atomic E-state index is 11.9. The van der Waals surface area contributed by atoms with Gasteiger partial charge in [-0.15, -0.1) is 0 Å². The highest BCUT2D eigenvalue weighted by atomic mass is 35.5. The van der Waals surface area contributed by atoms with Crippen LogP contribution in [0.4, 0.5) is 14.7 Å². The molecule has 0 aliphatic heterocycles. The topological polar surface area (TPSA) is 53.1 Å². The molecule has 7 heteroatoms. The zero-order valence-electron chi connectivity index (χ0n) is 9.44. The molecule has 0 unspecified atom stereocenters. The molecule has 0 spiro atoms. The van der Waals surface area contributed by atoms with Crippen LogP contribution in [0.15, 0.2) is 18.2 Å². The highest BCUT2D eigenvalue weighted by molar-refractivity contribution is 6.35. The Bertz CT molecular complexity index is 544. The van der Waals surface area contributed by atoms with Crippen LogP contribution in [0.25, 0.3) is 11.0 Å². The van der Waals surface area contributed by atoms with Gasteiger partial charge in [-0.1, -0.05) is 17.7 Å². The van der Waals surface area contributed by atoms with Crippen molar-refractivity contribution in [3.8, 4) is 0 Å². The molecule has 0 aliphatic carbocycles. The van der Waals surface area contributed by atoms with E-state index in [1.54, 1.807) is 22.8 Å². The van der Waals surface area contributed by atoms with Gasteiger partial charge in [0.2, 0.25) is 5.95 Å². The second kappa shape index (κ2) is 5.49. The number of nitrogens with zero attached hydrogens (tertiary/aromatic N) is 2. The lowest BCUT2D eigenvalue weighted by Crippen LogP contribution is -2.12. The summed E-state index contributed by atoms with van der Waals surface area (Å²) in [4.78, 5) is 4.14. The number of nitrogens with two attached hydrogens (primary N) is 1. The van der Waals surface area contributed by atoms with Crippen molar-refractivity contribution in [3.63, 3.8) is 0 Å². The highest BCUT2D eigenvalue weighted by Crippen LogP contribution is 2.25. The summed E-state index contributed by atoms with van der Waals surface area (Å²) in [5, 5.41) is 0.519. The van der Waals surface area contributed by atoms with Crippen LogP contribution in [0.5, 0.6) is 0 Å². The minimum atomic E-state index is -2.47. The molecule has 0 fully saturated rings. The summed E-state index contributed by atoms with van der Waals surface area (Å²) in [6, 6.07) is 5.28. The molecule has 0 amide bonds. The molecule has 1 aromatic carbocycles. The van der Waals surface area contributed by atoms with Crippen molar-refractivity contribution < 1.29 is 13.5 Å². The minimum Gasteiger partial charge on any atom is -0.374 e. The Balaban J connectivity index is 2.15. The normalized spacial score (nSPS) is 11.6. The Labute approximate surface area is 107 Å². The summed E-state index contributed by atoms with van der Waals surface area (Å²) in [6.07, 6.45) is -2.47. The maximum Gasteiger partial charge on any atom is 0.261 e. The average molecular weight is 276 g/mol. The van der Waals surface area contributed by atoms with Crippen LogP contribution in [0, 0.1) is 0 Å². The minimum absolute atomic E-state index is 0.130. The molecule has 0 bridgehead atoms. The Morgan fingerprint density at radius 3 is 2.94 bits per heavy atom. The first-order valence-corrected chi connectivity index (χ1v) is 5.73. The van der Waals surface area contributed by atoms with Gasteiger partial charge in [0.05, 0.1) is 22.7 Å². The van der Waals surface area contributed by atoms with Gasteiger partial charge in [-0.3, -0.25) is 0 Å². The molecule has 0 saturated carbocycles. The van der Waals surface area contributed by atoms with Crippen LogP contribution in [-0.2, 0) is 11.3 Å². The molecule has 2 aromatic rings. The van der Waals surface area contributed by atoms with E-state index in [-0.39, 0.29) is 6.61 Å². The van der Waals surface area contributed by atoms with E-state index >= 15 is 0 Å². The van der Waals surface area contributed by atoms with Crippen molar-refractivity contribution in [3.05, 3.63) is 23.2 Å². The second-order valence-corrected chi connectivity index (χ2v) is 4.10. The van der Waals surface area contributed by atoms with Gasteiger partial charge in [0.15, 0.2) is 0 Å². The van der Waals surface area contributed by atoms with Gasteiger partial charge in [-0.2, -0.15) is 0 Å². The van der Waals surface area contributed by atoms with E-state index in [1.807, 2.05) is 0 Å². The van der Waals surface area contributed by atoms with Crippen molar-refractivity contribution in [1.82, 2.24) is 9.55 Å². The largest absolute Gasteiger partial charge is 0.374 e. The standard InChI is InChI=1S/C11H12ClF2N3O/c12-7-2-1-3-8-10(7)17(11(15)16-8)4-5-18-6-9(13)14/h1-3,9H,4-6H2,(H2,15,16). The molecule has 98 valence electrons. The van der Waals surface area contributed by atoms with Gasteiger partial charge >= 0.3 is 0 Å². The third kappa shape index (κ3) is 2.70. The predicted molar refractivity (Wildman–Crippen MR) is 66.0 cm³/mol. The summed E-state index contributed by atoms with van der Waals surface area (Å²) in [6.45, 7) is -0.121. The van der Waals surface area contributed by atoms with E-state index in [0.717, 1.165) is 0 Å². The first-order chi connectivity index (χ1) is 8.59. The van der Waals surface area contributed by atoms with Crippen LogP contribution < -0.4 is 5.73 Å². The lowest BCUT2D eigenvalue weighted by atomic mass is 10.3. The predicted octanol–water partition coefficient (Wildman–Crippen LogP) is 2.55. The summed E-state index contributed by atoms with van der Waals surface area (Å²) < 4.78 is 30.3. The van der Waals surface area contributed by atoms with Crippen LogP contribution >= 0.6 is 11.6 Å². The van der Waals surface area contributed by atoms with Gasteiger partial charge in [0, 0.05) is 6.54 Å². The SMILES string of the molecule is Nc1nc2cccc(Cl)c2n1CCOCC(F)F. The summed E-state index contributed by atoms with van der Waals surface area (Å²) in [7, 11) is 0. The summed E-state index contributed by atoms with van der Waals surface area (Å²) >= 11 is 6.06. The van der Waals surface area contributed by atoms with E-state index in [2.05, 4.69) is 4.98 Å². The number of anilines is 1. The second-order valence-electron chi connectivity index (χ2n) is 3.70. The number of halogens is 3. The number of imidazole rings is 1. The molecule has 18 heavy (non-hydrogen) atoms. The molecule has 0 saturated heterocycles. The zero-order valence-corrected chi connectivity index (χ0v) is 10.2. The van der Waals surface area contributed by atoms with Gasteiger partial charge < -0.3 is 15.0 Å². The number of hydrogen-bond donors (Lipinski definition) is 1. The third-order valence-electron chi connectivity index (χ3n) is 2.45. The fourth-order valence-electron chi connectivity index (χ4n) is 1.71. The summed E-state index contributed by atoms with van der Waals surface area (Å²) in [5.74, 6) is 0.291. The smallest absolute Gasteiger partial charge is 0.261 e.